The monoisotopic (exact) mass is 161 g/mol. The molecule has 0 saturated carbocycles. The standard InChI is InChI=1S/C5H11N3O3/c1-4(9)11-7-5(10)6-8(2)3/h1-3H3,(H2,6,7,10). The summed E-state index contributed by atoms with van der Waals surface area (Å²) in [6, 6.07) is -0.592. The Morgan fingerprint density at radius 3 is 2.27 bits per heavy atom. The molecule has 0 aliphatic carbocycles. The van der Waals surface area contributed by atoms with Crippen LogP contribution in [0.1, 0.15) is 6.92 Å². The highest BCUT2D eigenvalue weighted by Crippen LogP contribution is 1.70. The molecule has 0 heterocycles. The zero-order valence-electron chi connectivity index (χ0n) is 6.67. The molecule has 64 valence electrons. The zero-order valence-corrected chi connectivity index (χ0v) is 6.67. The Kier molecular flexibility index (Phi) is 3.97. The largest absolute Gasteiger partial charge is 0.362 e. The molecule has 0 saturated heterocycles. The number of hydrogen-bond acceptors (Lipinski definition) is 4. The van der Waals surface area contributed by atoms with Gasteiger partial charge in [-0.3, -0.25) is 10.2 Å². The first kappa shape index (κ1) is 9.70. The number of hydroxylamine groups is 1. The Morgan fingerprint density at radius 2 is 1.91 bits per heavy atom. The van der Waals surface area contributed by atoms with Crippen LogP contribution in [-0.2, 0) is 9.63 Å². The quantitative estimate of drug-likeness (QED) is 0.496. The highest BCUT2D eigenvalue weighted by molar-refractivity contribution is 5.75. The van der Waals surface area contributed by atoms with Gasteiger partial charge in [0.15, 0.2) is 0 Å². The number of hydrazine groups is 1. The summed E-state index contributed by atoms with van der Waals surface area (Å²) in [4.78, 5) is 24.9. The molecule has 0 aromatic carbocycles. The van der Waals surface area contributed by atoms with Gasteiger partial charge in [-0.2, -0.15) is 5.48 Å². The average molecular weight is 161 g/mol. The molecule has 0 aromatic rings. The molecule has 6 heteroatoms. The fraction of sp³-hybridized carbons (Fsp3) is 0.600. The SMILES string of the molecule is CC(=O)ONC(=O)NN(C)C. The maximum atomic E-state index is 10.6. The smallest absolute Gasteiger partial charge is 0.340 e. The number of carbonyl (C=O) groups excluding carboxylic acids is 2. The van der Waals surface area contributed by atoms with Crippen molar-refractivity contribution >= 4 is 12.0 Å². The van der Waals surface area contributed by atoms with Crippen LogP contribution >= 0.6 is 0 Å². The Morgan fingerprint density at radius 1 is 1.36 bits per heavy atom. The lowest BCUT2D eigenvalue weighted by molar-refractivity contribution is -0.146. The molecule has 0 spiro atoms. The van der Waals surface area contributed by atoms with E-state index < -0.39 is 12.0 Å². The van der Waals surface area contributed by atoms with Crippen LogP contribution in [0.15, 0.2) is 0 Å². The van der Waals surface area contributed by atoms with E-state index in [9.17, 15) is 9.59 Å². The lowest BCUT2D eigenvalue weighted by Crippen LogP contribution is -2.43. The Balaban J connectivity index is 3.45. The van der Waals surface area contributed by atoms with Crippen molar-refractivity contribution in [3.63, 3.8) is 0 Å². The van der Waals surface area contributed by atoms with Crippen molar-refractivity contribution in [1.82, 2.24) is 15.9 Å². The summed E-state index contributed by atoms with van der Waals surface area (Å²) < 4.78 is 0. The van der Waals surface area contributed by atoms with Crippen LogP contribution in [0.4, 0.5) is 4.79 Å². The first-order chi connectivity index (χ1) is 5.02. The molecule has 0 rings (SSSR count). The average Bonchev–Trinajstić information content (AvgIpc) is 1.82. The van der Waals surface area contributed by atoms with Crippen LogP contribution in [0.2, 0.25) is 0 Å². The molecule has 0 fully saturated rings. The van der Waals surface area contributed by atoms with Gasteiger partial charge >= 0.3 is 12.0 Å². The van der Waals surface area contributed by atoms with Crippen LogP contribution < -0.4 is 10.9 Å². The summed E-state index contributed by atoms with van der Waals surface area (Å²) in [6.45, 7) is 1.19. The predicted octanol–water partition coefficient (Wildman–Crippen LogP) is -0.760. The fourth-order valence-electron chi connectivity index (χ4n) is 0.344. The lowest BCUT2D eigenvalue weighted by Gasteiger charge is -2.11. The van der Waals surface area contributed by atoms with Gasteiger partial charge in [-0.25, -0.2) is 9.80 Å². The second-order valence-electron chi connectivity index (χ2n) is 2.03. The van der Waals surface area contributed by atoms with Gasteiger partial charge in [0.1, 0.15) is 0 Å². The van der Waals surface area contributed by atoms with Crippen LogP contribution in [0, 0.1) is 0 Å². The molecule has 2 N–H and O–H groups in total. The molecule has 0 atom stereocenters. The normalized spacial score (nSPS) is 9.09. The maximum absolute atomic E-state index is 10.6. The van der Waals surface area contributed by atoms with Crippen molar-refractivity contribution in [2.24, 2.45) is 0 Å². The third kappa shape index (κ3) is 6.59. The first-order valence-electron chi connectivity index (χ1n) is 2.93. The zero-order chi connectivity index (χ0) is 8.85. The molecule has 0 aliphatic heterocycles. The summed E-state index contributed by atoms with van der Waals surface area (Å²) >= 11 is 0. The van der Waals surface area contributed by atoms with Crippen molar-refractivity contribution in [2.45, 2.75) is 6.92 Å². The van der Waals surface area contributed by atoms with Crippen LogP contribution in [0.5, 0.6) is 0 Å². The summed E-state index contributed by atoms with van der Waals surface area (Å²) in [7, 11) is 3.26. The van der Waals surface area contributed by atoms with Crippen molar-refractivity contribution < 1.29 is 14.4 Å². The van der Waals surface area contributed by atoms with Crippen LogP contribution in [0.3, 0.4) is 0 Å². The number of hydrogen-bond donors (Lipinski definition) is 2. The first-order valence-corrected chi connectivity index (χ1v) is 2.93. The maximum Gasteiger partial charge on any atom is 0.362 e. The minimum atomic E-state index is -0.592. The molecule has 11 heavy (non-hydrogen) atoms. The summed E-state index contributed by atoms with van der Waals surface area (Å²) in [5.74, 6) is -0.570. The van der Waals surface area contributed by atoms with Gasteiger partial charge in [-0.1, -0.05) is 0 Å². The Hall–Kier alpha value is -1.30. The molecule has 0 aliphatic rings. The molecule has 0 unspecified atom stereocenters. The number of carbonyl (C=O) groups is 2. The Labute approximate surface area is 64.4 Å². The van der Waals surface area contributed by atoms with Gasteiger partial charge in [0.2, 0.25) is 0 Å². The third-order valence-electron chi connectivity index (χ3n) is 0.613. The number of rotatable bonds is 1. The minimum Gasteiger partial charge on any atom is -0.340 e. The molecule has 2 amide bonds. The summed E-state index contributed by atoms with van der Waals surface area (Å²) in [5, 5.41) is 1.42. The number of urea groups is 1. The number of nitrogens with one attached hydrogen (secondary N) is 2. The van der Waals surface area contributed by atoms with Gasteiger partial charge in [0, 0.05) is 21.0 Å². The van der Waals surface area contributed by atoms with Gasteiger partial charge in [-0.05, 0) is 0 Å². The van der Waals surface area contributed by atoms with E-state index >= 15 is 0 Å². The minimum absolute atomic E-state index is 0.570. The molecule has 0 radical (unpaired) electrons. The van der Waals surface area contributed by atoms with E-state index in [2.05, 4.69) is 10.3 Å². The molecule has 0 bridgehead atoms. The molecular weight excluding hydrogens is 150 g/mol. The number of amides is 2. The van der Waals surface area contributed by atoms with E-state index in [0.29, 0.717) is 0 Å². The molecule has 6 nitrogen and oxygen atoms in total. The van der Waals surface area contributed by atoms with Crippen LogP contribution in [0.25, 0.3) is 0 Å². The molecule has 0 aromatic heterocycles. The van der Waals surface area contributed by atoms with E-state index in [1.807, 2.05) is 5.48 Å². The predicted molar refractivity (Wildman–Crippen MR) is 37.1 cm³/mol. The highest BCUT2D eigenvalue weighted by atomic mass is 16.7. The summed E-state index contributed by atoms with van der Waals surface area (Å²) in [5.41, 5.74) is 4.18. The van der Waals surface area contributed by atoms with E-state index in [1.54, 1.807) is 14.1 Å². The van der Waals surface area contributed by atoms with Gasteiger partial charge in [0.25, 0.3) is 0 Å². The van der Waals surface area contributed by atoms with Crippen molar-refractivity contribution in [1.29, 1.82) is 0 Å². The van der Waals surface area contributed by atoms with Gasteiger partial charge in [-0.15, -0.1) is 0 Å². The van der Waals surface area contributed by atoms with Crippen molar-refractivity contribution in [2.75, 3.05) is 14.1 Å². The van der Waals surface area contributed by atoms with Crippen LogP contribution in [-0.4, -0.2) is 31.1 Å². The van der Waals surface area contributed by atoms with E-state index in [1.165, 1.54) is 11.9 Å². The van der Waals surface area contributed by atoms with Crippen molar-refractivity contribution in [3.8, 4) is 0 Å². The third-order valence-corrected chi connectivity index (χ3v) is 0.613. The van der Waals surface area contributed by atoms with Gasteiger partial charge in [0.05, 0.1) is 0 Å². The van der Waals surface area contributed by atoms with Crippen molar-refractivity contribution in [3.05, 3.63) is 0 Å². The Bertz CT molecular complexity index is 157. The second kappa shape index (κ2) is 4.51. The van der Waals surface area contributed by atoms with E-state index in [4.69, 9.17) is 0 Å². The number of nitrogens with zero attached hydrogens (tertiary/aromatic N) is 1. The topological polar surface area (TPSA) is 70.7 Å². The second-order valence-corrected chi connectivity index (χ2v) is 2.03. The van der Waals surface area contributed by atoms with E-state index in [-0.39, 0.29) is 0 Å². The van der Waals surface area contributed by atoms with E-state index in [0.717, 1.165) is 0 Å². The van der Waals surface area contributed by atoms with Gasteiger partial charge < -0.3 is 4.84 Å². The molecular formula is C5H11N3O3. The fourth-order valence-corrected chi connectivity index (χ4v) is 0.344. The highest BCUT2D eigenvalue weighted by Gasteiger charge is 2.01. The summed E-state index contributed by atoms with van der Waals surface area (Å²) in [6.07, 6.45) is 0. The lowest BCUT2D eigenvalue weighted by atomic mass is 10.8.